The first-order valence-electron chi connectivity index (χ1n) is 7.67. The summed E-state index contributed by atoms with van der Waals surface area (Å²) in [6, 6.07) is 5.36. The summed E-state index contributed by atoms with van der Waals surface area (Å²) in [5.41, 5.74) is 0. The van der Waals surface area contributed by atoms with Crippen LogP contribution < -0.4 is 10.1 Å². The molecule has 0 saturated carbocycles. The predicted molar refractivity (Wildman–Crippen MR) is 94.9 cm³/mol. The van der Waals surface area contributed by atoms with E-state index in [-0.39, 0.29) is 0 Å². The zero-order valence-electron chi connectivity index (χ0n) is 13.5. The number of hydrogen-bond acceptors (Lipinski definition) is 3. The fourth-order valence-corrected chi connectivity index (χ4v) is 2.99. The zero-order chi connectivity index (χ0) is 16.7. The summed E-state index contributed by atoms with van der Waals surface area (Å²) < 4.78 is 10.9. The summed E-state index contributed by atoms with van der Waals surface area (Å²) in [5, 5.41) is 4.25. The third-order valence-corrected chi connectivity index (χ3v) is 4.56. The van der Waals surface area contributed by atoms with Gasteiger partial charge in [0.1, 0.15) is 17.4 Å². The second kappa shape index (κ2) is 9.21. The molecule has 1 unspecified atom stereocenters. The van der Waals surface area contributed by atoms with Crippen LogP contribution in [0.15, 0.2) is 23.2 Å². The predicted octanol–water partition coefficient (Wildman–Crippen LogP) is 2.92. The molecule has 1 aromatic carbocycles. The van der Waals surface area contributed by atoms with E-state index in [2.05, 4.69) is 15.2 Å². The molecule has 0 amide bonds. The van der Waals surface area contributed by atoms with Crippen LogP contribution in [0.5, 0.6) is 5.75 Å². The number of ether oxygens (including phenoxy) is 2. The summed E-state index contributed by atoms with van der Waals surface area (Å²) in [6.07, 6.45) is 1.13. The number of nitrogens with one attached hydrogen (secondary N) is 1. The molecule has 1 atom stereocenters. The van der Waals surface area contributed by atoms with Crippen molar-refractivity contribution < 1.29 is 9.47 Å². The molecule has 1 N–H and O–H groups in total. The van der Waals surface area contributed by atoms with Crippen molar-refractivity contribution in [3.8, 4) is 5.75 Å². The van der Waals surface area contributed by atoms with Crippen molar-refractivity contribution in [1.82, 2.24) is 10.2 Å². The van der Waals surface area contributed by atoms with Crippen molar-refractivity contribution in [2.45, 2.75) is 6.42 Å². The summed E-state index contributed by atoms with van der Waals surface area (Å²) >= 11 is 12.1. The van der Waals surface area contributed by atoms with E-state index in [1.165, 1.54) is 0 Å². The number of rotatable bonds is 6. The van der Waals surface area contributed by atoms with Gasteiger partial charge >= 0.3 is 0 Å². The van der Waals surface area contributed by atoms with E-state index >= 15 is 0 Å². The van der Waals surface area contributed by atoms with E-state index in [4.69, 9.17) is 32.7 Å². The van der Waals surface area contributed by atoms with Crippen molar-refractivity contribution in [2.75, 3.05) is 47.0 Å². The van der Waals surface area contributed by atoms with Gasteiger partial charge < -0.3 is 19.7 Å². The van der Waals surface area contributed by atoms with Crippen molar-refractivity contribution >= 4 is 29.2 Å². The van der Waals surface area contributed by atoms with E-state index in [9.17, 15) is 0 Å². The first-order valence-corrected chi connectivity index (χ1v) is 8.42. The van der Waals surface area contributed by atoms with Crippen molar-refractivity contribution in [3.63, 3.8) is 0 Å². The Kier molecular flexibility index (Phi) is 7.27. The van der Waals surface area contributed by atoms with Gasteiger partial charge in [-0.1, -0.05) is 29.3 Å². The van der Waals surface area contributed by atoms with Crippen LogP contribution in [-0.2, 0) is 4.74 Å². The van der Waals surface area contributed by atoms with Gasteiger partial charge in [0.05, 0.1) is 18.2 Å². The molecule has 1 fully saturated rings. The van der Waals surface area contributed by atoms with Crippen LogP contribution in [0.2, 0.25) is 10.0 Å². The zero-order valence-corrected chi connectivity index (χ0v) is 15.0. The lowest BCUT2D eigenvalue weighted by Gasteiger charge is -2.21. The number of benzene rings is 1. The van der Waals surface area contributed by atoms with Gasteiger partial charge in [0.15, 0.2) is 5.96 Å². The maximum absolute atomic E-state index is 6.09. The van der Waals surface area contributed by atoms with Crippen LogP contribution >= 0.6 is 23.2 Å². The lowest BCUT2D eigenvalue weighted by molar-refractivity contribution is 0.157. The molecular weight excluding hydrogens is 337 g/mol. The van der Waals surface area contributed by atoms with Gasteiger partial charge in [-0.3, -0.25) is 4.99 Å². The van der Waals surface area contributed by atoms with Gasteiger partial charge in [-0.15, -0.1) is 0 Å². The van der Waals surface area contributed by atoms with E-state index in [0.29, 0.717) is 34.9 Å². The Morgan fingerprint density at radius 3 is 3.00 bits per heavy atom. The van der Waals surface area contributed by atoms with Crippen molar-refractivity contribution in [1.29, 1.82) is 0 Å². The highest BCUT2D eigenvalue weighted by Gasteiger charge is 2.24. The Labute approximate surface area is 147 Å². The maximum Gasteiger partial charge on any atom is 0.193 e. The molecule has 7 heteroatoms. The van der Waals surface area contributed by atoms with Crippen molar-refractivity contribution in [2.24, 2.45) is 10.9 Å². The highest BCUT2D eigenvalue weighted by molar-refractivity contribution is 6.42. The Morgan fingerprint density at radius 1 is 1.43 bits per heavy atom. The minimum Gasteiger partial charge on any atom is -0.490 e. The third-order valence-electron chi connectivity index (χ3n) is 3.76. The minimum atomic E-state index is 0.445. The Balaban J connectivity index is 1.75. The van der Waals surface area contributed by atoms with Crippen LogP contribution in [-0.4, -0.2) is 57.9 Å². The van der Waals surface area contributed by atoms with Gasteiger partial charge in [0.25, 0.3) is 0 Å². The molecule has 1 aliphatic heterocycles. The molecule has 23 heavy (non-hydrogen) atoms. The van der Waals surface area contributed by atoms with Crippen LogP contribution in [0.3, 0.4) is 0 Å². The Hall–Kier alpha value is -1.17. The van der Waals surface area contributed by atoms with E-state index in [1.54, 1.807) is 26.3 Å². The fraction of sp³-hybridized carbons (Fsp3) is 0.562. The standard InChI is InChI=1S/C16H23Cl2N3O2/c1-19-16(21-8-6-12(10-21)11-22-2)20-7-9-23-14-5-3-4-13(17)15(14)18/h3-5,12H,6-11H2,1-2H3,(H,19,20). The Bertz CT molecular complexity index is 540. The molecule has 0 radical (unpaired) electrons. The quantitative estimate of drug-likeness (QED) is 0.481. The van der Waals surface area contributed by atoms with Gasteiger partial charge in [-0.05, 0) is 18.6 Å². The molecule has 0 aliphatic carbocycles. The summed E-state index contributed by atoms with van der Waals surface area (Å²) in [5.74, 6) is 2.06. The topological polar surface area (TPSA) is 46.1 Å². The summed E-state index contributed by atoms with van der Waals surface area (Å²) in [7, 11) is 3.54. The summed E-state index contributed by atoms with van der Waals surface area (Å²) in [6.45, 7) is 3.88. The summed E-state index contributed by atoms with van der Waals surface area (Å²) in [4.78, 5) is 6.57. The highest BCUT2D eigenvalue weighted by atomic mass is 35.5. The number of likely N-dealkylation sites (tertiary alicyclic amines) is 1. The largest absolute Gasteiger partial charge is 0.490 e. The van der Waals surface area contributed by atoms with Gasteiger partial charge in [-0.2, -0.15) is 0 Å². The average Bonchev–Trinajstić information content (AvgIpc) is 3.00. The SMILES string of the molecule is CN=C(NCCOc1cccc(Cl)c1Cl)N1CCC(COC)C1. The molecule has 0 aromatic heterocycles. The van der Waals surface area contributed by atoms with E-state index in [0.717, 1.165) is 32.1 Å². The second-order valence-electron chi connectivity index (χ2n) is 5.43. The lowest BCUT2D eigenvalue weighted by atomic mass is 10.1. The molecule has 1 saturated heterocycles. The first kappa shape index (κ1) is 18.2. The number of hydrogen-bond donors (Lipinski definition) is 1. The molecule has 128 valence electrons. The van der Waals surface area contributed by atoms with Crippen molar-refractivity contribution in [3.05, 3.63) is 28.2 Å². The smallest absolute Gasteiger partial charge is 0.193 e. The maximum atomic E-state index is 6.09. The molecular formula is C16H23Cl2N3O2. The van der Waals surface area contributed by atoms with Crippen LogP contribution in [0.25, 0.3) is 0 Å². The molecule has 0 bridgehead atoms. The minimum absolute atomic E-state index is 0.445. The number of methoxy groups -OCH3 is 1. The average molecular weight is 360 g/mol. The van der Waals surface area contributed by atoms with Gasteiger partial charge in [0, 0.05) is 33.2 Å². The monoisotopic (exact) mass is 359 g/mol. The number of aliphatic imine (C=N–C) groups is 1. The number of guanidine groups is 1. The van der Waals surface area contributed by atoms with Gasteiger partial charge in [-0.25, -0.2) is 0 Å². The fourth-order valence-electron chi connectivity index (χ4n) is 2.65. The third kappa shape index (κ3) is 5.16. The lowest BCUT2D eigenvalue weighted by Crippen LogP contribution is -2.41. The van der Waals surface area contributed by atoms with Gasteiger partial charge in [0.2, 0.25) is 0 Å². The number of halogens is 2. The molecule has 1 aliphatic rings. The van der Waals surface area contributed by atoms with E-state index in [1.807, 2.05) is 6.07 Å². The van der Waals surface area contributed by atoms with Crippen LogP contribution in [0.4, 0.5) is 0 Å². The Morgan fingerprint density at radius 2 is 2.26 bits per heavy atom. The molecule has 5 nitrogen and oxygen atoms in total. The van der Waals surface area contributed by atoms with E-state index < -0.39 is 0 Å². The first-order chi connectivity index (χ1) is 11.2. The molecule has 1 heterocycles. The highest BCUT2D eigenvalue weighted by Crippen LogP contribution is 2.31. The second-order valence-corrected chi connectivity index (χ2v) is 6.22. The number of nitrogens with zero attached hydrogens (tertiary/aromatic N) is 2. The molecule has 2 rings (SSSR count). The van der Waals surface area contributed by atoms with Crippen LogP contribution in [0, 0.1) is 5.92 Å². The molecule has 1 aromatic rings. The normalized spacial score (nSPS) is 18.3. The molecule has 0 spiro atoms. The van der Waals surface area contributed by atoms with Crippen LogP contribution in [0.1, 0.15) is 6.42 Å².